The fourth-order valence-electron chi connectivity index (χ4n) is 2.63. The Morgan fingerprint density at radius 1 is 1.50 bits per heavy atom. The summed E-state index contributed by atoms with van der Waals surface area (Å²) in [6.45, 7) is 0. The lowest BCUT2D eigenvalue weighted by molar-refractivity contribution is -0.153. The molecular formula is C12H15NO4S. The Hall–Kier alpha value is -1.30. The maximum absolute atomic E-state index is 12.0. The van der Waals surface area contributed by atoms with Crippen molar-refractivity contribution in [2.45, 2.75) is 18.1 Å². The van der Waals surface area contributed by atoms with Gasteiger partial charge in [0.25, 0.3) is 0 Å². The van der Waals surface area contributed by atoms with Gasteiger partial charge in [-0.1, -0.05) is 0 Å². The quantitative estimate of drug-likeness (QED) is 0.687. The molecule has 1 fully saturated rings. The van der Waals surface area contributed by atoms with Gasteiger partial charge in [-0.15, -0.1) is 11.8 Å². The minimum atomic E-state index is -1.09. The summed E-state index contributed by atoms with van der Waals surface area (Å²) in [7, 11) is 2.91. The largest absolute Gasteiger partial charge is 0.468 e. The summed E-state index contributed by atoms with van der Waals surface area (Å²) in [5.74, 6) is -0.680. The number of carbonyl (C=O) groups is 3. The summed E-state index contributed by atoms with van der Waals surface area (Å²) in [6.07, 6.45) is 3.63. The molecule has 6 heteroatoms. The first-order chi connectivity index (χ1) is 8.46. The van der Waals surface area contributed by atoms with E-state index in [1.54, 1.807) is 13.1 Å². The Bertz CT molecular complexity index is 459. The Labute approximate surface area is 110 Å². The van der Waals surface area contributed by atoms with Crippen LogP contribution in [0.15, 0.2) is 11.8 Å². The number of esters is 1. The van der Waals surface area contributed by atoms with Gasteiger partial charge in [0.05, 0.1) is 12.4 Å². The molecule has 0 bridgehead atoms. The monoisotopic (exact) mass is 269 g/mol. The fourth-order valence-corrected chi connectivity index (χ4v) is 3.24. The second-order valence-corrected chi connectivity index (χ2v) is 5.53. The number of likely N-dealkylation sites (tertiary alicyclic amines) is 1. The second kappa shape index (κ2) is 4.42. The third-order valence-corrected chi connectivity index (χ3v) is 4.52. The van der Waals surface area contributed by atoms with Crippen LogP contribution >= 0.6 is 11.8 Å². The van der Waals surface area contributed by atoms with E-state index in [1.807, 2.05) is 6.26 Å². The van der Waals surface area contributed by atoms with Crippen LogP contribution in [0, 0.1) is 5.41 Å². The molecule has 2 aliphatic rings. The summed E-state index contributed by atoms with van der Waals surface area (Å²) in [4.78, 5) is 37.3. The molecular weight excluding hydrogens is 254 g/mol. The van der Waals surface area contributed by atoms with Gasteiger partial charge in [0.1, 0.15) is 5.41 Å². The molecule has 1 aliphatic carbocycles. The van der Waals surface area contributed by atoms with Crippen LogP contribution in [0.4, 0.5) is 0 Å². The van der Waals surface area contributed by atoms with Gasteiger partial charge < -0.3 is 9.64 Å². The second-order valence-electron chi connectivity index (χ2n) is 4.55. The first-order valence-electron chi connectivity index (χ1n) is 5.59. The van der Waals surface area contributed by atoms with Crippen LogP contribution < -0.4 is 0 Å². The highest BCUT2D eigenvalue weighted by molar-refractivity contribution is 8.00. The highest BCUT2D eigenvalue weighted by Crippen LogP contribution is 2.48. The van der Waals surface area contributed by atoms with Gasteiger partial charge in [-0.25, -0.2) is 0 Å². The minimum absolute atomic E-state index is 0.0227. The lowest BCUT2D eigenvalue weighted by Gasteiger charge is -2.32. The van der Waals surface area contributed by atoms with Crippen molar-refractivity contribution in [2.24, 2.45) is 5.41 Å². The molecule has 5 nitrogen and oxygen atoms in total. The lowest BCUT2D eigenvalue weighted by atomic mass is 9.75. The molecule has 0 aromatic rings. The van der Waals surface area contributed by atoms with Gasteiger partial charge in [-0.3, -0.25) is 14.4 Å². The molecule has 0 aromatic heterocycles. The predicted molar refractivity (Wildman–Crippen MR) is 66.8 cm³/mol. The summed E-state index contributed by atoms with van der Waals surface area (Å²) < 4.78 is 4.79. The Morgan fingerprint density at radius 2 is 2.17 bits per heavy atom. The highest BCUT2D eigenvalue weighted by atomic mass is 32.2. The van der Waals surface area contributed by atoms with E-state index in [-0.39, 0.29) is 29.8 Å². The molecule has 1 saturated heterocycles. The van der Waals surface area contributed by atoms with Crippen molar-refractivity contribution in [2.75, 3.05) is 20.4 Å². The first kappa shape index (κ1) is 13.1. The van der Waals surface area contributed by atoms with Gasteiger partial charge >= 0.3 is 5.97 Å². The highest BCUT2D eigenvalue weighted by Gasteiger charge is 2.56. The molecule has 0 radical (unpaired) electrons. The smallest absolute Gasteiger partial charge is 0.318 e. The average Bonchev–Trinajstić information content (AvgIpc) is 2.60. The van der Waals surface area contributed by atoms with Gasteiger partial charge in [0.2, 0.25) is 5.91 Å². The van der Waals surface area contributed by atoms with Crippen LogP contribution in [-0.2, 0) is 19.1 Å². The number of nitrogens with zero attached hydrogens (tertiary/aromatic N) is 1. The van der Waals surface area contributed by atoms with Gasteiger partial charge in [0.15, 0.2) is 5.78 Å². The average molecular weight is 269 g/mol. The standard InChI is InChI=1S/C12H15NO4S/c1-13-9-4-8(18-3)7(14)5-12(9,6-10(13)15)11(16)17-2/h4,8H,5-6H2,1-3H3. The van der Waals surface area contributed by atoms with Gasteiger partial charge in [0, 0.05) is 25.6 Å². The van der Waals surface area contributed by atoms with E-state index in [2.05, 4.69) is 0 Å². The number of methoxy groups -OCH3 is 1. The van der Waals surface area contributed by atoms with Crippen LogP contribution in [0.25, 0.3) is 0 Å². The van der Waals surface area contributed by atoms with Crippen molar-refractivity contribution < 1.29 is 19.1 Å². The van der Waals surface area contributed by atoms with E-state index in [0.29, 0.717) is 5.70 Å². The summed E-state index contributed by atoms with van der Waals surface area (Å²) >= 11 is 1.41. The van der Waals surface area contributed by atoms with E-state index in [4.69, 9.17) is 4.74 Å². The summed E-state index contributed by atoms with van der Waals surface area (Å²) in [5.41, 5.74) is -0.484. The van der Waals surface area contributed by atoms with Gasteiger partial charge in [-0.2, -0.15) is 0 Å². The number of ketones is 1. The fraction of sp³-hybridized carbons (Fsp3) is 0.583. The zero-order valence-corrected chi connectivity index (χ0v) is 11.4. The molecule has 18 heavy (non-hydrogen) atoms. The van der Waals surface area contributed by atoms with Crippen molar-refractivity contribution in [1.82, 2.24) is 4.90 Å². The molecule has 0 aromatic carbocycles. The maximum Gasteiger partial charge on any atom is 0.318 e. The van der Waals surface area contributed by atoms with Crippen LogP contribution in [-0.4, -0.2) is 48.2 Å². The summed E-state index contributed by atoms with van der Waals surface area (Å²) in [6, 6.07) is 0. The predicted octanol–water partition coefficient (Wildman–Crippen LogP) is 0.596. The van der Waals surface area contributed by atoms with Crippen LogP contribution in [0.3, 0.4) is 0 Å². The lowest BCUT2D eigenvalue weighted by Crippen LogP contribution is -2.41. The molecule has 2 atom stereocenters. The van der Waals surface area contributed by atoms with Crippen LogP contribution in [0.2, 0.25) is 0 Å². The third kappa shape index (κ3) is 1.67. The number of ether oxygens (including phenoxy) is 1. The summed E-state index contributed by atoms with van der Waals surface area (Å²) in [5, 5.41) is -0.286. The molecule has 98 valence electrons. The van der Waals surface area contributed by atoms with Crippen molar-refractivity contribution in [3.05, 3.63) is 11.8 Å². The number of rotatable bonds is 2. The zero-order valence-electron chi connectivity index (χ0n) is 10.6. The van der Waals surface area contributed by atoms with Gasteiger partial charge in [-0.05, 0) is 12.3 Å². The molecule has 1 aliphatic heterocycles. The molecule has 0 N–H and O–H groups in total. The SMILES string of the molecule is COC(=O)C12CC(=O)C(SC)C=C1N(C)C(=O)C2. The van der Waals surface area contributed by atoms with E-state index in [0.717, 1.165) is 0 Å². The van der Waals surface area contributed by atoms with Crippen LogP contribution in [0.5, 0.6) is 0 Å². The Balaban J connectivity index is 2.52. The van der Waals surface area contributed by atoms with Crippen LogP contribution in [0.1, 0.15) is 12.8 Å². The van der Waals surface area contributed by atoms with E-state index >= 15 is 0 Å². The number of carbonyl (C=O) groups excluding carboxylic acids is 3. The topological polar surface area (TPSA) is 63.7 Å². The minimum Gasteiger partial charge on any atom is -0.468 e. The maximum atomic E-state index is 12.0. The van der Waals surface area contributed by atoms with Crippen molar-refractivity contribution in [3.8, 4) is 0 Å². The number of thioether (sulfide) groups is 1. The van der Waals surface area contributed by atoms with E-state index in [1.165, 1.54) is 23.8 Å². The van der Waals surface area contributed by atoms with E-state index < -0.39 is 11.4 Å². The first-order valence-corrected chi connectivity index (χ1v) is 6.88. The number of fused-ring (bicyclic) bond motifs is 1. The number of hydrogen-bond donors (Lipinski definition) is 0. The molecule has 0 spiro atoms. The zero-order chi connectivity index (χ0) is 13.5. The number of Topliss-reactive ketones (excluding diaryl/α,β-unsaturated/α-hetero) is 1. The number of hydrogen-bond acceptors (Lipinski definition) is 5. The van der Waals surface area contributed by atoms with Crippen molar-refractivity contribution >= 4 is 29.4 Å². The molecule has 0 saturated carbocycles. The molecule has 1 heterocycles. The number of amides is 1. The van der Waals surface area contributed by atoms with E-state index in [9.17, 15) is 14.4 Å². The van der Waals surface area contributed by atoms with Crippen molar-refractivity contribution in [3.63, 3.8) is 0 Å². The normalized spacial score (nSPS) is 31.2. The third-order valence-electron chi connectivity index (χ3n) is 3.61. The van der Waals surface area contributed by atoms with Crippen molar-refractivity contribution in [1.29, 1.82) is 0 Å². The molecule has 2 unspecified atom stereocenters. The Morgan fingerprint density at radius 3 is 2.72 bits per heavy atom. The molecule has 2 rings (SSSR count). The Kier molecular flexibility index (Phi) is 3.23. The molecule has 1 amide bonds.